The van der Waals surface area contributed by atoms with Crippen molar-refractivity contribution in [1.29, 1.82) is 0 Å². The van der Waals surface area contributed by atoms with E-state index in [1.165, 1.54) is 13.3 Å². The first kappa shape index (κ1) is 16.9. The Morgan fingerprint density at radius 2 is 1.88 bits per heavy atom. The zero-order valence-electron chi connectivity index (χ0n) is 13.4. The van der Waals surface area contributed by atoms with Crippen LogP contribution in [0.2, 0.25) is 5.02 Å². The zero-order chi connectivity index (χ0) is 17.6. The third-order valence-electron chi connectivity index (χ3n) is 3.41. The van der Waals surface area contributed by atoms with E-state index in [-0.39, 0.29) is 18.4 Å². The fourth-order valence-corrected chi connectivity index (χ4v) is 2.33. The molecule has 0 radical (unpaired) electrons. The van der Waals surface area contributed by atoms with Gasteiger partial charge < -0.3 is 14.0 Å². The van der Waals surface area contributed by atoms with Gasteiger partial charge in [-0.1, -0.05) is 41.0 Å². The molecule has 0 aliphatic heterocycles. The maximum Gasteiger partial charge on any atom is 0.264 e. The van der Waals surface area contributed by atoms with Crippen LogP contribution in [0.5, 0.6) is 11.5 Å². The number of para-hydroxylation sites is 2. The third-order valence-corrected chi connectivity index (χ3v) is 3.66. The van der Waals surface area contributed by atoms with Crippen molar-refractivity contribution in [3.63, 3.8) is 0 Å². The van der Waals surface area contributed by atoms with Crippen molar-refractivity contribution in [2.75, 3.05) is 19.0 Å². The van der Waals surface area contributed by atoms with Crippen LogP contribution < -0.4 is 14.8 Å². The summed E-state index contributed by atoms with van der Waals surface area (Å²) in [7, 11) is 1.54. The minimum atomic E-state index is -0.377. The number of hydrogen-bond acceptors (Lipinski definition) is 5. The van der Waals surface area contributed by atoms with Gasteiger partial charge in [0, 0.05) is 5.02 Å². The molecule has 0 saturated carbocycles. The number of carbonyl (C=O) groups is 1. The Hall–Kier alpha value is -2.99. The Morgan fingerprint density at radius 3 is 2.60 bits per heavy atom. The molecule has 0 aliphatic rings. The average Bonchev–Trinajstić information content (AvgIpc) is 3.09. The van der Waals surface area contributed by atoms with Gasteiger partial charge in [-0.05, 0) is 29.8 Å². The fourth-order valence-electron chi connectivity index (χ4n) is 2.21. The SMILES string of the molecule is COc1ccccc1OCC(=O)Nc1oncc1-c1ccc(Cl)cc1. The van der Waals surface area contributed by atoms with Crippen LogP contribution in [0.3, 0.4) is 0 Å². The molecule has 1 amide bonds. The first-order valence-electron chi connectivity index (χ1n) is 7.43. The molecule has 1 heterocycles. The average molecular weight is 359 g/mol. The molecule has 25 heavy (non-hydrogen) atoms. The van der Waals surface area contributed by atoms with Crippen LogP contribution in [0.4, 0.5) is 5.88 Å². The molecule has 0 unspecified atom stereocenters. The third kappa shape index (κ3) is 4.10. The van der Waals surface area contributed by atoms with Gasteiger partial charge in [-0.15, -0.1) is 0 Å². The van der Waals surface area contributed by atoms with Gasteiger partial charge in [-0.3, -0.25) is 10.1 Å². The van der Waals surface area contributed by atoms with Crippen molar-refractivity contribution in [1.82, 2.24) is 5.16 Å². The van der Waals surface area contributed by atoms with Crippen LogP contribution >= 0.6 is 11.6 Å². The number of carbonyl (C=O) groups excluding carboxylic acids is 1. The second-order valence-corrected chi connectivity index (χ2v) is 5.50. The lowest BCUT2D eigenvalue weighted by Crippen LogP contribution is -2.20. The van der Waals surface area contributed by atoms with E-state index in [1.807, 2.05) is 18.2 Å². The molecule has 6 nitrogen and oxygen atoms in total. The topological polar surface area (TPSA) is 73.6 Å². The maximum atomic E-state index is 12.1. The molecule has 7 heteroatoms. The van der Waals surface area contributed by atoms with E-state index in [1.54, 1.807) is 30.3 Å². The number of ether oxygens (including phenoxy) is 2. The Kier molecular flexibility index (Phi) is 5.20. The molecule has 0 bridgehead atoms. The fraction of sp³-hybridized carbons (Fsp3) is 0.111. The number of hydrogen-bond donors (Lipinski definition) is 1. The predicted molar refractivity (Wildman–Crippen MR) is 94.1 cm³/mol. The highest BCUT2D eigenvalue weighted by molar-refractivity contribution is 6.30. The van der Waals surface area contributed by atoms with Crippen LogP contribution in [-0.2, 0) is 4.79 Å². The number of nitrogens with zero attached hydrogens (tertiary/aromatic N) is 1. The van der Waals surface area contributed by atoms with E-state index >= 15 is 0 Å². The highest BCUT2D eigenvalue weighted by Crippen LogP contribution is 2.29. The first-order chi connectivity index (χ1) is 12.2. The summed E-state index contributed by atoms with van der Waals surface area (Å²) in [6.45, 7) is -0.193. The number of nitrogens with one attached hydrogen (secondary N) is 1. The second-order valence-electron chi connectivity index (χ2n) is 5.06. The zero-order valence-corrected chi connectivity index (χ0v) is 14.1. The van der Waals surface area contributed by atoms with Gasteiger partial charge in [0.05, 0.1) is 18.9 Å². The molecular weight excluding hydrogens is 344 g/mol. The minimum Gasteiger partial charge on any atom is -0.493 e. The highest BCUT2D eigenvalue weighted by atomic mass is 35.5. The lowest BCUT2D eigenvalue weighted by atomic mass is 10.1. The minimum absolute atomic E-state index is 0.193. The summed E-state index contributed by atoms with van der Waals surface area (Å²) in [5.41, 5.74) is 1.48. The molecule has 0 fully saturated rings. The largest absolute Gasteiger partial charge is 0.493 e. The van der Waals surface area contributed by atoms with Crippen molar-refractivity contribution >= 4 is 23.4 Å². The molecular formula is C18H15ClN2O4. The summed E-state index contributed by atoms with van der Waals surface area (Å²) in [5, 5.41) is 7.00. The molecule has 0 atom stereocenters. The smallest absolute Gasteiger partial charge is 0.264 e. The summed E-state index contributed by atoms with van der Waals surface area (Å²) in [6, 6.07) is 14.2. The van der Waals surface area contributed by atoms with E-state index < -0.39 is 0 Å². The number of benzene rings is 2. The summed E-state index contributed by atoms with van der Waals surface area (Å²) >= 11 is 5.89. The van der Waals surface area contributed by atoms with Gasteiger partial charge >= 0.3 is 0 Å². The molecule has 3 rings (SSSR count). The predicted octanol–water partition coefficient (Wildman–Crippen LogP) is 4.02. The molecule has 2 aromatic carbocycles. The van der Waals surface area contributed by atoms with Gasteiger partial charge in [0.25, 0.3) is 5.91 Å². The molecule has 1 N–H and O–H groups in total. The van der Waals surface area contributed by atoms with Crippen molar-refractivity contribution in [2.24, 2.45) is 0 Å². The van der Waals surface area contributed by atoms with Crippen molar-refractivity contribution in [3.8, 4) is 22.6 Å². The number of rotatable bonds is 6. The summed E-state index contributed by atoms with van der Waals surface area (Å²) in [6.07, 6.45) is 1.53. The normalized spacial score (nSPS) is 10.3. The number of amides is 1. The molecule has 1 aromatic heterocycles. The van der Waals surface area contributed by atoms with Gasteiger partial charge in [0.2, 0.25) is 5.88 Å². The molecule has 0 saturated heterocycles. The Morgan fingerprint density at radius 1 is 1.16 bits per heavy atom. The Balaban J connectivity index is 1.66. The Bertz CT molecular complexity index is 862. The van der Waals surface area contributed by atoms with Crippen molar-refractivity contribution in [2.45, 2.75) is 0 Å². The first-order valence-corrected chi connectivity index (χ1v) is 7.81. The van der Waals surface area contributed by atoms with Gasteiger partial charge in [0.15, 0.2) is 18.1 Å². The number of halogens is 1. The van der Waals surface area contributed by atoms with E-state index in [2.05, 4.69) is 10.5 Å². The van der Waals surface area contributed by atoms with Crippen LogP contribution in [0.25, 0.3) is 11.1 Å². The molecule has 3 aromatic rings. The van der Waals surface area contributed by atoms with E-state index in [9.17, 15) is 4.79 Å². The lowest BCUT2D eigenvalue weighted by molar-refractivity contribution is -0.118. The van der Waals surface area contributed by atoms with Crippen molar-refractivity contribution < 1.29 is 18.8 Å². The standard InChI is InChI=1S/C18H15ClN2O4/c1-23-15-4-2-3-5-16(15)24-11-17(22)21-18-14(10-20-25-18)12-6-8-13(19)9-7-12/h2-10H,11H2,1H3,(H,21,22). The number of anilines is 1. The summed E-state index contributed by atoms with van der Waals surface area (Å²) in [4.78, 5) is 12.1. The highest BCUT2D eigenvalue weighted by Gasteiger charge is 2.14. The summed E-state index contributed by atoms with van der Waals surface area (Å²) < 4.78 is 15.8. The van der Waals surface area contributed by atoms with E-state index in [4.69, 9.17) is 25.6 Å². The number of methoxy groups -OCH3 is 1. The number of aromatic nitrogens is 1. The Labute approximate surface area is 149 Å². The van der Waals surface area contributed by atoms with E-state index in [0.29, 0.717) is 22.1 Å². The van der Waals surface area contributed by atoms with E-state index in [0.717, 1.165) is 5.56 Å². The van der Waals surface area contributed by atoms with Crippen LogP contribution in [-0.4, -0.2) is 24.8 Å². The molecule has 0 spiro atoms. The van der Waals surface area contributed by atoms with Crippen LogP contribution in [0.15, 0.2) is 59.3 Å². The van der Waals surface area contributed by atoms with Crippen molar-refractivity contribution in [3.05, 3.63) is 59.8 Å². The molecule has 128 valence electrons. The van der Waals surface area contributed by atoms with Gasteiger partial charge in [-0.25, -0.2) is 0 Å². The molecule has 0 aliphatic carbocycles. The van der Waals surface area contributed by atoms with Gasteiger partial charge in [-0.2, -0.15) is 0 Å². The second kappa shape index (κ2) is 7.72. The lowest BCUT2D eigenvalue weighted by Gasteiger charge is -2.10. The van der Waals surface area contributed by atoms with Crippen LogP contribution in [0.1, 0.15) is 0 Å². The summed E-state index contributed by atoms with van der Waals surface area (Å²) in [5.74, 6) is 0.904. The quantitative estimate of drug-likeness (QED) is 0.720. The van der Waals surface area contributed by atoms with Crippen LogP contribution in [0, 0.1) is 0 Å². The maximum absolute atomic E-state index is 12.1. The monoisotopic (exact) mass is 358 g/mol. The van der Waals surface area contributed by atoms with Gasteiger partial charge in [0.1, 0.15) is 0 Å².